The van der Waals surface area contributed by atoms with Crippen molar-refractivity contribution in [3.8, 4) is 22.3 Å². The summed E-state index contributed by atoms with van der Waals surface area (Å²) >= 11 is 5.40. The lowest BCUT2D eigenvalue weighted by atomic mass is 9.82. The molecule has 3 fully saturated rings. The Morgan fingerprint density at radius 2 is 1.18 bits per heavy atom. The van der Waals surface area contributed by atoms with E-state index >= 15 is 0 Å². The summed E-state index contributed by atoms with van der Waals surface area (Å²) in [6.45, 7) is 8.14. The molecule has 2 unspecified atom stereocenters. The van der Waals surface area contributed by atoms with Crippen LogP contribution < -0.4 is 16.1 Å². The molecule has 17 heteroatoms. The van der Waals surface area contributed by atoms with E-state index in [1.165, 1.54) is 9.13 Å². The van der Waals surface area contributed by atoms with Crippen LogP contribution in [0.3, 0.4) is 0 Å². The van der Waals surface area contributed by atoms with E-state index in [4.69, 9.17) is 9.31 Å². The number of hydrogen-bond donors (Lipinski definition) is 4. The van der Waals surface area contributed by atoms with E-state index in [9.17, 15) is 19.2 Å². The van der Waals surface area contributed by atoms with E-state index in [1.807, 2.05) is 113 Å². The van der Waals surface area contributed by atoms with Gasteiger partial charge in [0.15, 0.2) is 0 Å². The molecule has 0 bridgehead atoms. The average Bonchev–Trinajstić information content (AvgIpc) is 4.08. The van der Waals surface area contributed by atoms with Crippen molar-refractivity contribution in [1.29, 1.82) is 0 Å². The maximum atomic E-state index is 11.8. The number of halogens is 2. The second-order valence-corrected chi connectivity index (χ2v) is 17.1. The average molecular weight is 990 g/mol. The highest BCUT2D eigenvalue weighted by Gasteiger charge is 2.52. The van der Waals surface area contributed by atoms with Crippen molar-refractivity contribution in [3.05, 3.63) is 132 Å². The summed E-state index contributed by atoms with van der Waals surface area (Å²) in [5.41, 5.74) is 4.71. The first-order valence-corrected chi connectivity index (χ1v) is 21.2. The number of carbonyl (C=O) groups is 4. The van der Waals surface area contributed by atoms with Crippen LogP contribution in [0.1, 0.15) is 59.4 Å². The van der Waals surface area contributed by atoms with Gasteiger partial charge in [-0.3, -0.25) is 44.7 Å². The number of alkyl halides is 1. The van der Waals surface area contributed by atoms with Gasteiger partial charge in [-0.25, -0.2) is 0 Å². The first-order chi connectivity index (χ1) is 28.7. The number of aromatic amines is 2. The zero-order chi connectivity index (χ0) is 43.1. The fraction of sp³-hybridized carbons (Fsp3) is 0.279. The Kier molecular flexibility index (Phi) is 16.7. The maximum Gasteiger partial charge on any atom is 0.498 e. The third-order valence-corrected chi connectivity index (χ3v) is 11.4. The molecule has 9 rings (SSSR count). The first kappa shape index (κ1) is 45.8. The molecule has 6 heterocycles. The molecule has 3 aromatic heterocycles. The van der Waals surface area contributed by atoms with Crippen molar-refractivity contribution in [2.24, 2.45) is 0 Å². The zero-order valence-electron chi connectivity index (χ0n) is 33.7. The Balaban J connectivity index is 0.000000148. The van der Waals surface area contributed by atoms with Gasteiger partial charge >= 0.3 is 7.12 Å². The van der Waals surface area contributed by atoms with Gasteiger partial charge in [-0.1, -0.05) is 94.8 Å². The highest BCUT2D eigenvalue weighted by molar-refractivity contribution is 14.1. The molecule has 2 atom stereocenters. The van der Waals surface area contributed by atoms with Crippen LogP contribution in [0.5, 0.6) is 0 Å². The van der Waals surface area contributed by atoms with Crippen LogP contribution in [0.4, 0.5) is 0 Å². The smallest absolute Gasteiger partial charge is 0.399 e. The predicted octanol–water partition coefficient (Wildman–Crippen LogP) is 6.79. The highest BCUT2D eigenvalue weighted by Crippen LogP contribution is 2.36. The molecule has 14 nitrogen and oxygen atoms in total. The molecule has 0 radical (unpaired) electrons. The topological polar surface area (TPSA) is 186 Å². The number of benzene rings is 3. The van der Waals surface area contributed by atoms with Crippen molar-refractivity contribution in [1.82, 2.24) is 40.8 Å². The Hall–Kier alpha value is -5.24. The van der Waals surface area contributed by atoms with Crippen molar-refractivity contribution >= 4 is 74.7 Å². The number of nitrogens with one attached hydrogen (secondary N) is 4. The molecular weight excluding hydrogens is 942 g/mol. The lowest BCUT2D eigenvalue weighted by molar-refractivity contribution is -0.136. The Morgan fingerprint density at radius 1 is 0.667 bits per heavy atom. The summed E-state index contributed by atoms with van der Waals surface area (Å²) in [6, 6.07) is 29.8. The van der Waals surface area contributed by atoms with E-state index in [2.05, 4.69) is 98.9 Å². The van der Waals surface area contributed by atoms with Crippen LogP contribution in [-0.2, 0) is 28.5 Å². The van der Waals surface area contributed by atoms with Crippen LogP contribution in [0.2, 0.25) is 0 Å². The second-order valence-electron chi connectivity index (χ2n) is 14.7. The number of nitrogens with zero attached hydrogens (tertiary/aromatic N) is 4. The Bertz CT molecular complexity index is 2240. The fourth-order valence-corrected chi connectivity index (χ4v) is 6.47. The van der Waals surface area contributed by atoms with Crippen LogP contribution in [-0.4, -0.2) is 77.0 Å². The molecule has 3 aliphatic rings. The molecule has 4 amide bonds. The normalized spacial score (nSPS) is 18.7. The lowest BCUT2D eigenvalue weighted by Crippen LogP contribution is -2.41. The van der Waals surface area contributed by atoms with E-state index in [0.717, 1.165) is 22.2 Å². The number of H-pyrrole nitrogens is 2. The molecule has 3 aliphatic heterocycles. The van der Waals surface area contributed by atoms with E-state index in [1.54, 1.807) is 23.3 Å². The number of piperidine rings is 2. The minimum absolute atomic E-state index is 0.171. The van der Waals surface area contributed by atoms with Gasteiger partial charge < -0.3 is 9.31 Å². The standard InChI is InChI=1S/C14H13N3O2.C9H15BN2O2.C9H8N2.C6H5I.C5H6BrNO2/c18-13-7-6-12(14(19)16-13)17-9-11(8-15-17)10-4-2-1-3-5-10;1-8(2)9(3,4)14-10(13-8)7-5-11-12-6-7;1-2-4-8(5-3-1)9-6-10-11-7-9;7-6-4-2-1-3-5-6;6-3-1-2-4(8)7-5(3)9/h1-5,8-9,12H,6-7H2,(H,16,18,19);5-6H,1-4H3,(H,11,12);1-7H,(H,10,11);1-5H;3H,1-2H2,(H,7,8,9). The van der Waals surface area contributed by atoms with Crippen LogP contribution in [0.15, 0.2) is 128 Å². The third kappa shape index (κ3) is 13.4. The molecule has 3 saturated heterocycles. The predicted molar refractivity (Wildman–Crippen MR) is 242 cm³/mol. The molecule has 0 aliphatic carbocycles. The second kappa shape index (κ2) is 21.9. The quantitative estimate of drug-likeness (QED) is 0.0639. The van der Waals surface area contributed by atoms with Crippen molar-refractivity contribution in [3.63, 3.8) is 0 Å². The number of amides is 4. The van der Waals surface area contributed by atoms with Gasteiger partial charge in [0.05, 0.1) is 28.4 Å². The van der Waals surface area contributed by atoms with Crippen LogP contribution in [0.25, 0.3) is 22.3 Å². The number of hydrogen-bond acceptors (Lipinski definition) is 9. The fourth-order valence-electron chi connectivity index (χ4n) is 5.71. The maximum absolute atomic E-state index is 11.8. The van der Waals surface area contributed by atoms with E-state index in [0.29, 0.717) is 25.7 Å². The summed E-state index contributed by atoms with van der Waals surface area (Å²) in [6.07, 6.45) is 12.7. The number of carbonyl (C=O) groups excluding carboxylic acids is 4. The lowest BCUT2D eigenvalue weighted by Gasteiger charge is -2.32. The first-order valence-electron chi connectivity index (χ1n) is 19.2. The van der Waals surface area contributed by atoms with Gasteiger partial charge in [-0.15, -0.1) is 0 Å². The van der Waals surface area contributed by atoms with Crippen LogP contribution in [0, 0.1) is 3.57 Å². The molecule has 0 spiro atoms. The summed E-state index contributed by atoms with van der Waals surface area (Å²) < 4.78 is 14.6. The summed E-state index contributed by atoms with van der Waals surface area (Å²) in [7, 11) is -0.307. The molecule has 6 aromatic rings. The third-order valence-electron chi connectivity index (χ3n) is 9.79. The highest BCUT2D eigenvalue weighted by atomic mass is 127. The van der Waals surface area contributed by atoms with E-state index < -0.39 is 6.04 Å². The molecule has 0 saturated carbocycles. The van der Waals surface area contributed by atoms with Gasteiger partial charge in [-0.05, 0) is 86.4 Å². The summed E-state index contributed by atoms with van der Waals surface area (Å²) in [4.78, 5) is 43.8. The van der Waals surface area contributed by atoms with Crippen LogP contribution >= 0.6 is 38.5 Å². The summed E-state index contributed by atoms with van der Waals surface area (Å²) in [5.74, 6) is -0.877. The minimum Gasteiger partial charge on any atom is -0.399 e. The van der Waals surface area contributed by atoms with Gasteiger partial charge in [0, 0.05) is 57.8 Å². The summed E-state index contributed by atoms with van der Waals surface area (Å²) in [5, 5.41) is 22.1. The van der Waals surface area contributed by atoms with Gasteiger partial charge in [0.25, 0.3) is 5.91 Å². The number of imide groups is 2. The minimum atomic E-state index is -0.393. The Morgan fingerprint density at radius 3 is 1.65 bits per heavy atom. The molecule has 4 N–H and O–H groups in total. The number of rotatable bonds is 4. The Labute approximate surface area is 371 Å². The largest absolute Gasteiger partial charge is 0.498 e. The molecule has 60 heavy (non-hydrogen) atoms. The number of aromatic nitrogens is 6. The van der Waals surface area contributed by atoms with Crippen molar-refractivity contribution < 1.29 is 28.5 Å². The van der Waals surface area contributed by atoms with Gasteiger partial charge in [0.1, 0.15) is 6.04 Å². The molecular formula is C43H47BBrIN8O6. The monoisotopic (exact) mass is 988 g/mol. The SMILES string of the molecule is CC1(C)OB(c2cn[nH]c2)OC1(C)C.Ic1ccccc1.O=C1CCC(Br)C(=O)N1.O=C1CCC(n2cc(-c3ccccc3)cn2)C(=O)N1.c1ccc(-c2cn[nH]c2)cc1. The molecule has 312 valence electrons. The van der Waals surface area contributed by atoms with Crippen molar-refractivity contribution in [2.75, 3.05) is 0 Å². The van der Waals surface area contributed by atoms with Crippen molar-refractivity contribution in [2.45, 2.75) is 75.4 Å². The molecule has 3 aromatic carbocycles. The zero-order valence-corrected chi connectivity index (χ0v) is 37.4. The van der Waals surface area contributed by atoms with Gasteiger partial charge in [0.2, 0.25) is 17.7 Å². The van der Waals surface area contributed by atoms with E-state index in [-0.39, 0.29) is 46.8 Å². The van der Waals surface area contributed by atoms with Gasteiger partial charge in [-0.2, -0.15) is 15.3 Å².